The number of carbonyl (C=O) groups is 2. The van der Waals surface area contributed by atoms with E-state index in [1.807, 2.05) is 29.2 Å². The van der Waals surface area contributed by atoms with E-state index in [1.54, 1.807) is 6.07 Å². The molecule has 1 saturated carbocycles. The molecule has 1 unspecified atom stereocenters. The number of nitrogens with one attached hydrogen (secondary N) is 1. The van der Waals surface area contributed by atoms with E-state index in [1.165, 1.54) is 0 Å². The standard InChI is InChI=1S/C26H31ClN4O2/c1-29-15-16-31(22(17-29)18-7-3-2-4-8-18)26(33)20-11-12-21(28-25(32)19-9-10-19)23(27)24(20)30-13-5-6-14-30/h2-4,7-8,11-12,19,22H,5-6,9-10,13-17H2,1H3,(H,28,32). The molecule has 2 aromatic rings. The van der Waals surface area contributed by atoms with E-state index >= 15 is 0 Å². The van der Waals surface area contributed by atoms with Crippen molar-refractivity contribution in [3.63, 3.8) is 0 Å². The Morgan fingerprint density at radius 2 is 1.70 bits per heavy atom. The monoisotopic (exact) mass is 466 g/mol. The first-order valence-electron chi connectivity index (χ1n) is 12.0. The topological polar surface area (TPSA) is 55.9 Å². The average molecular weight is 467 g/mol. The summed E-state index contributed by atoms with van der Waals surface area (Å²) in [4.78, 5) is 32.9. The molecule has 2 heterocycles. The van der Waals surface area contributed by atoms with Gasteiger partial charge in [-0.15, -0.1) is 0 Å². The van der Waals surface area contributed by atoms with Crippen LogP contribution in [0.15, 0.2) is 42.5 Å². The molecule has 2 amide bonds. The largest absolute Gasteiger partial charge is 0.370 e. The van der Waals surface area contributed by atoms with Gasteiger partial charge in [0.25, 0.3) is 5.91 Å². The average Bonchev–Trinajstić information content (AvgIpc) is 3.55. The third-order valence-corrected chi connectivity index (χ3v) is 7.39. The van der Waals surface area contributed by atoms with Crippen molar-refractivity contribution in [1.82, 2.24) is 9.80 Å². The number of carbonyl (C=O) groups excluding carboxylic acids is 2. The second-order valence-corrected chi connectivity index (χ2v) is 9.85. The fourth-order valence-electron chi connectivity index (χ4n) is 4.94. The predicted molar refractivity (Wildman–Crippen MR) is 132 cm³/mol. The Balaban J connectivity index is 1.50. The van der Waals surface area contributed by atoms with Gasteiger partial charge in [-0.2, -0.15) is 0 Å². The van der Waals surface area contributed by atoms with Crippen molar-refractivity contribution in [2.24, 2.45) is 5.92 Å². The fraction of sp³-hybridized carbons (Fsp3) is 0.462. The molecule has 0 radical (unpaired) electrons. The molecule has 1 N–H and O–H groups in total. The second-order valence-electron chi connectivity index (χ2n) is 9.47. The third-order valence-electron chi connectivity index (χ3n) is 7.00. The van der Waals surface area contributed by atoms with Crippen LogP contribution in [0, 0.1) is 5.92 Å². The molecular formula is C26H31ClN4O2. The normalized spacial score (nSPS) is 21.3. The number of likely N-dealkylation sites (N-methyl/N-ethyl adjacent to an activating group) is 1. The highest BCUT2D eigenvalue weighted by Gasteiger charge is 2.35. The van der Waals surface area contributed by atoms with Gasteiger partial charge in [0.1, 0.15) is 0 Å². The number of rotatable bonds is 5. The fourth-order valence-corrected chi connectivity index (χ4v) is 5.27. The minimum absolute atomic E-state index is 0.000762. The number of hydrogen-bond donors (Lipinski definition) is 1. The van der Waals surface area contributed by atoms with Gasteiger partial charge in [0.05, 0.1) is 28.0 Å². The molecule has 2 saturated heterocycles. The van der Waals surface area contributed by atoms with Gasteiger partial charge in [-0.3, -0.25) is 9.59 Å². The maximum Gasteiger partial charge on any atom is 0.256 e. The summed E-state index contributed by atoms with van der Waals surface area (Å²) in [5.41, 5.74) is 3.12. The van der Waals surface area contributed by atoms with Gasteiger partial charge in [-0.1, -0.05) is 41.9 Å². The summed E-state index contributed by atoms with van der Waals surface area (Å²) < 4.78 is 0. The van der Waals surface area contributed by atoms with Crippen molar-refractivity contribution < 1.29 is 9.59 Å². The molecule has 33 heavy (non-hydrogen) atoms. The van der Waals surface area contributed by atoms with Crippen molar-refractivity contribution in [1.29, 1.82) is 0 Å². The van der Waals surface area contributed by atoms with Gasteiger partial charge >= 0.3 is 0 Å². The van der Waals surface area contributed by atoms with Crippen LogP contribution in [0.4, 0.5) is 11.4 Å². The highest BCUT2D eigenvalue weighted by Crippen LogP contribution is 2.40. The molecule has 1 atom stereocenters. The SMILES string of the molecule is CN1CCN(C(=O)c2ccc(NC(=O)C3CC3)c(Cl)c2N2CCCC2)C(c2ccccc2)C1. The van der Waals surface area contributed by atoms with Crippen LogP contribution in [-0.2, 0) is 4.79 Å². The Morgan fingerprint density at radius 1 is 0.970 bits per heavy atom. The van der Waals surface area contributed by atoms with E-state index in [9.17, 15) is 9.59 Å². The minimum Gasteiger partial charge on any atom is -0.370 e. The van der Waals surface area contributed by atoms with Crippen LogP contribution in [0.2, 0.25) is 5.02 Å². The summed E-state index contributed by atoms with van der Waals surface area (Å²) in [5, 5.41) is 3.47. The molecule has 174 valence electrons. The summed E-state index contributed by atoms with van der Waals surface area (Å²) >= 11 is 6.89. The Labute approximate surface area is 200 Å². The van der Waals surface area contributed by atoms with Gasteiger partial charge in [0.15, 0.2) is 0 Å². The van der Waals surface area contributed by atoms with E-state index in [0.717, 1.165) is 63.1 Å². The molecule has 0 spiro atoms. The Hall–Kier alpha value is -2.57. The molecule has 3 fully saturated rings. The first kappa shape index (κ1) is 22.2. The number of anilines is 2. The zero-order valence-corrected chi connectivity index (χ0v) is 19.9. The van der Waals surface area contributed by atoms with Crippen molar-refractivity contribution in [2.45, 2.75) is 31.7 Å². The summed E-state index contributed by atoms with van der Waals surface area (Å²) in [6.45, 7) is 4.01. The lowest BCUT2D eigenvalue weighted by Crippen LogP contribution is -2.49. The van der Waals surface area contributed by atoms with E-state index in [4.69, 9.17) is 11.6 Å². The van der Waals surface area contributed by atoms with Crippen molar-refractivity contribution in [2.75, 3.05) is 50.0 Å². The van der Waals surface area contributed by atoms with Crippen molar-refractivity contribution >= 4 is 34.8 Å². The molecule has 1 aliphatic carbocycles. The highest BCUT2D eigenvalue weighted by atomic mass is 35.5. The molecule has 6 nitrogen and oxygen atoms in total. The summed E-state index contributed by atoms with van der Waals surface area (Å²) in [5.74, 6) is 0.113. The zero-order chi connectivity index (χ0) is 22.9. The smallest absolute Gasteiger partial charge is 0.256 e. The summed E-state index contributed by atoms with van der Waals surface area (Å²) in [6, 6.07) is 13.9. The number of nitrogens with zero attached hydrogens (tertiary/aromatic N) is 3. The lowest BCUT2D eigenvalue weighted by atomic mass is 10.0. The van der Waals surface area contributed by atoms with Gasteiger partial charge in [0, 0.05) is 38.6 Å². The summed E-state index contributed by atoms with van der Waals surface area (Å²) in [6.07, 6.45) is 4.01. The minimum atomic E-state index is -0.0168. The van der Waals surface area contributed by atoms with Crippen molar-refractivity contribution in [3.8, 4) is 0 Å². The van der Waals surface area contributed by atoms with E-state index in [2.05, 4.69) is 34.3 Å². The van der Waals surface area contributed by atoms with Crippen LogP contribution < -0.4 is 10.2 Å². The van der Waals surface area contributed by atoms with Crippen LogP contribution in [-0.4, -0.2) is 61.4 Å². The zero-order valence-electron chi connectivity index (χ0n) is 19.1. The van der Waals surface area contributed by atoms with Gasteiger partial charge in [0.2, 0.25) is 5.91 Å². The molecular weight excluding hydrogens is 436 g/mol. The van der Waals surface area contributed by atoms with Crippen molar-refractivity contribution in [3.05, 3.63) is 58.6 Å². The molecule has 7 heteroatoms. The second kappa shape index (κ2) is 9.35. The highest BCUT2D eigenvalue weighted by molar-refractivity contribution is 6.37. The Kier molecular flexibility index (Phi) is 6.30. The number of hydrogen-bond acceptors (Lipinski definition) is 4. The van der Waals surface area contributed by atoms with E-state index in [0.29, 0.717) is 22.8 Å². The molecule has 0 aromatic heterocycles. The maximum absolute atomic E-state index is 14.0. The summed E-state index contributed by atoms with van der Waals surface area (Å²) in [7, 11) is 2.10. The molecule has 3 aliphatic rings. The van der Waals surface area contributed by atoms with Crippen LogP contribution in [0.3, 0.4) is 0 Å². The quantitative estimate of drug-likeness (QED) is 0.708. The molecule has 0 bridgehead atoms. The van der Waals surface area contributed by atoms with Gasteiger partial charge < -0.3 is 20.0 Å². The lowest BCUT2D eigenvalue weighted by molar-refractivity contribution is -0.117. The Morgan fingerprint density at radius 3 is 2.39 bits per heavy atom. The molecule has 2 aromatic carbocycles. The van der Waals surface area contributed by atoms with Gasteiger partial charge in [-0.25, -0.2) is 0 Å². The Bertz CT molecular complexity index is 1030. The number of piperazine rings is 1. The van der Waals surface area contributed by atoms with Crippen LogP contribution >= 0.6 is 11.6 Å². The van der Waals surface area contributed by atoms with Gasteiger partial charge in [-0.05, 0) is 50.4 Å². The first-order chi connectivity index (χ1) is 16.0. The maximum atomic E-state index is 14.0. The first-order valence-corrected chi connectivity index (χ1v) is 12.3. The van der Waals surface area contributed by atoms with Crippen LogP contribution in [0.25, 0.3) is 0 Å². The lowest BCUT2D eigenvalue weighted by Gasteiger charge is -2.41. The van der Waals surface area contributed by atoms with E-state index < -0.39 is 0 Å². The van der Waals surface area contributed by atoms with Crippen LogP contribution in [0.1, 0.15) is 47.6 Å². The van der Waals surface area contributed by atoms with Crippen LogP contribution in [0.5, 0.6) is 0 Å². The molecule has 2 aliphatic heterocycles. The number of amides is 2. The number of benzene rings is 2. The van der Waals surface area contributed by atoms with E-state index in [-0.39, 0.29) is 23.8 Å². The molecule has 5 rings (SSSR count). The predicted octanol–water partition coefficient (Wildman–Crippen LogP) is 4.42. The third kappa shape index (κ3) is 4.59. The number of halogens is 1.